The van der Waals surface area contributed by atoms with Crippen LogP contribution in [-0.2, 0) is 23.1 Å². The van der Waals surface area contributed by atoms with Gasteiger partial charge in [0, 0.05) is 29.7 Å². The third-order valence-electron chi connectivity index (χ3n) is 5.11. The lowest BCUT2D eigenvalue weighted by atomic mass is 10.1. The van der Waals surface area contributed by atoms with Gasteiger partial charge in [-0.2, -0.15) is 5.10 Å². The number of ether oxygens (including phenoxy) is 2. The van der Waals surface area contributed by atoms with E-state index in [1.54, 1.807) is 17.8 Å². The highest BCUT2D eigenvalue weighted by atomic mass is 32.1. The molecule has 0 saturated heterocycles. The summed E-state index contributed by atoms with van der Waals surface area (Å²) >= 11 is 1.43. The number of hydrogen-bond acceptors (Lipinski definition) is 8. The van der Waals surface area contributed by atoms with Gasteiger partial charge in [-0.25, -0.2) is 4.79 Å². The minimum Gasteiger partial charge on any atom is -0.483 e. The minimum absolute atomic E-state index is 0.00282. The van der Waals surface area contributed by atoms with Crippen molar-refractivity contribution in [1.82, 2.24) is 15.1 Å². The van der Waals surface area contributed by atoms with Crippen molar-refractivity contribution in [1.29, 1.82) is 5.41 Å². The molecule has 37 heavy (non-hydrogen) atoms. The average Bonchev–Trinajstić information content (AvgIpc) is 3.47. The molecule has 0 fully saturated rings. The molecule has 6 N–H and O–H groups in total. The van der Waals surface area contributed by atoms with Crippen LogP contribution in [0.25, 0.3) is 10.1 Å². The predicted octanol–water partition coefficient (Wildman–Crippen LogP) is 3.71. The number of anilines is 1. The van der Waals surface area contributed by atoms with Crippen LogP contribution in [0.2, 0.25) is 0 Å². The summed E-state index contributed by atoms with van der Waals surface area (Å²) in [5, 5.41) is 25.6. The summed E-state index contributed by atoms with van der Waals surface area (Å²) < 4.78 is 14.4. The van der Waals surface area contributed by atoms with Crippen LogP contribution in [0.1, 0.15) is 22.2 Å². The van der Waals surface area contributed by atoms with Gasteiger partial charge in [0.1, 0.15) is 24.0 Å². The first kappa shape index (κ1) is 27.2. The largest absolute Gasteiger partial charge is 0.483 e. The van der Waals surface area contributed by atoms with Gasteiger partial charge in [0.25, 0.3) is 6.47 Å². The Labute approximate surface area is 217 Å². The molecule has 4 rings (SSSR count). The van der Waals surface area contributed by atoms with Crippen molar-refractivity contribution in [2.45, 2.75) is 12.6 Å². The van der Waals surface area contributed by atoms with Crippen molar-refractivity contribution in [3.63, 3.8) is 0 Å². The fraction of sp³-hybridized carbons (Fsp3) is 0.200. The Morgan fingerprint density at radius 2 is 1.97 bits per heavy atom. The average molecular weight is 525 g/mol. The van der Waals surface area contributed by atoms with Crippen molar-refractivity contribution in [2.75, 3.05) is 19.0 Å². The number of benzene rings is 2. The van der Waals surface area contributed by atoms with Crippen LogP contribution >= 0.6 is 11.3 Å². The fourth-order valence-corrected chi connectivity index (χ4v) is 4.43. The highest BCUT2D eigenvalue weighted by Gasteiger charge is 2.19. The normalized spacial score (nSPS) is 11.2. The first-order valence-corrected chi connectivity index (χ1v) is 12.0. The number of amidine groups is 1. The maximum absolute atomic E-state index is 12.5. The molecule has 0 spiro atoms. The van der Waals surface area contributed by atoms with Gasteiger partial charge in [-0.05, 0) is 30.8 Å². The molecule has 0 saturated carbocycles. The third kappa shape index (κ3) is 7.29. The topological polar surface area (TPSA) is 165 Å². The number of nitrogen functional groups attached to an aromatic ring is 1. The number of amides is 1. The summed E-state index contributed by atoms with van der Waals surface area (Å²) in [5.74, 6) is 1.18. The zero-order chi connectivity index (χ0) is 26.8. The Kier molecular flexibility index (Phi) is 9.58. The number of thiophene rings is 1. The molecule has 11 nitrogen and oxygen atoms in total. The number of carboxylic acid groups (broad SMARTS) is 1. The van der Waals surface area contributed by atoms with E-state index >= 15 is 0 Å². The molecule has 2 aromatic carbocycles. The molecule has 1 amide bonds. The first-order chi connectivity index (χ1) is 17.9. The van der Waals surface area contributed by atoms with Gasteiger partial charge in [0.15, 0.2) is 6.10 Å². The monoisotopic (exact) mass is 524 g/mol. The van der Waals surface area contributed by atoms with Crippen molar-refractivity contribution in [3.05, 3.63) is 76.8 Å². The smallest absolute Gasteiger partial charge is 0.412 e. The highest BCUT2D eigenvalue weighted by Crippen LogP contribution is 2.35. The van der Waals surface area contributed by atoms with E-state index in [9.17, 15) is 4.79 Å². The summed E-state index contributed by atoms with van der Waals surface area (Å²) in [4.78, 5) is 21.6. The maximum Gasteiger partial charge on any atom is 0.412 e. The number of aryl methyl sites for hydroxylation is 1. The lowest BCUT2D eigenvalue weighted by Crippen LogP contribution is -2.22. The quantitative estimate of drug-likeness (QED) is 0.126. The molecule has 0 aliphatic heterocycles. The number of nitrogens with one attached hydrogen (secondary N) is 3. The molecule has 1 atom stereocenters. The molecule has 0 aliphatic rings. The minimum atomic E-state index is -0.601. The van der Waals surface area contributed by atoms with Crippen LogP contribution in [0.3, 0.4) is 0 Å². The summed E-state index contributed by atoms with van der Waals surface area (Å²) in [6, 6.07) is 18.9. The molecule has 4 aromatic rings. The molecule has 194 valence electrons. The maximum atomic E-state index is 12.5. The van der Waals surface area contributed by atoms with Crippen molar-refractivity contribution >= 4 is 45.6 Å². The van der Waals surface area contributed by atoms with Crippen LogP contribution in [-0.4, -0.2) is 46.9 Å². The van der Waals surface area contributed by atoms with Gasteiger partial charge in [-0.15, -0.1) is 11.3 Å². The van der Waals surface area contributed by atoms with Gasteiger partial charge in [0.05, 0.1) is 10.6 Å². The zero-order valence-electron chi connectivity index (χ0n) is 20.3. The SMILES string of the molecule is CNCc1cc(NC(=O)OCC(Oc2cccc3sc(C(=N)N)cc23)c2ccccc2)n(C)n1.O=CO. The predicted molar refractivity (Wildman–Crippen MR) is 142 cm³/mol. The summed E-state index contributed by atoms with van der Waals surface area (Å²) in [7, 11) is 3.58. The fourth-order valence-electron chi connectivity index (χ4n) is 3.49. The summed E-state index contributed by atoms with van der Waals surface area (Å²) in [6.45, 7) is 0.338. The lowest BCUT2D eigenvalue weighted by molar-refractivity contribution is -0.122. The van der Waals surface area contributed by atoms with E-state index in [1.807, 2.05) is 61.6 Å². The summed E-state index contributed by atoms with van der Waals surface area (Å²) in [5.41, 5.74) is 7.34. The third-order valence-corrected chi connectivity index (χ3v) is 6.25. The number of fused-ring (bicyclic) bond motifs is 1. The van der Waals surface area contributed by atoms with Crippen LogP contribution in [0.4, 0.5) is 10.6 Å². The Balaban J connectivity index is 0.00000121. The Bertz CT molecular complexity index is 1350. The number of carbonyl (C=O) groups excluding carboxylic acids is 1. The van der Waals surface area contributed by atoms with Gasteiger partial charge in [-0.3, -0.25) is 20.2 Å². The van der Waals surface area contributed by atoms with E-state index < -0.39 is 12.2 Å². The van der Waals surface area contributed by atoms with E-state index in [0.717, 1.165) is 21.3 Å². The second-order valence-electron chi connectivity index (χ2n) is 7.71. The molecule has 0 aliphatic carbocycles. The number of carbonyl (C=O) groups is 2. The lowest BCUT2D eigenvalue weighted by Gasteiger charge is -2.20. The molecule has 0 radical (unpaired) electrons. The number of nitrogens with zero attached hydrogens (tertiary/aromatic N) is 2. The van der Waals surface area contributed by atoms with E-state index in [2.05, 4.69) is 15.7 Å². The van der Waals surface area contributed by atoms with E-state index in [0.29, 0.717) is 23.0 Å². The molecular formula is C25H28N6O5S. The van der Waals surface area contributed by atoms with Gasteiger partial charge in [-0.1, -0.05) is 36.4 Å². The molecule has 2 heterocycles. The van der Waals surface area contributed by atoms with E-state index in [4.69, 9.17) is 30.5 Å². The first-order valence-electron chi connectivity index (χ1n) is 11.1. The van der Waals surface area contributed by atoms with Crippen molar-refractivity contribution in [3.8, 4) is 5.75 Å². The molecule has 0 bridgehead atoms. The van der Waals surface area contributed by atoms with Crippen LogP contribution < -0.4 is 21.1 Å². The second-order valence-corrected chi connectivity index (χ2v) is 8.80. The van der Waals surface area contributed by atoms with Crippen molar-refractivity contribution < 1.29 is 24.2 Å². The molecular weight excluding hydrogens is 496 g/mol. The Morgan fingerprint density at radius 3 is 2.65 bits per heavy atom. The zero-order valence-corrected chi connectivity index (χ0v) is 21.1. The Hall–Kier alpha value is -4.42. The van der Waals surface area contributed by atoms with E-state index in [1.165, 1.54) is 11.3 Å². The second kappa shape index (κ2) is 13.0. The van der Waals surface area contributed by atoms with E-state index in [-0.39, 0.29) is 18.9 Å². The molecule has 2 aromatic heterocycles. The van der Waals surface area contributed by atoms with Gasteiger partial charge in [0.2, 0.25) is 0 Å². The van der Waals surface area contributed by atoms with Crippen LogP contribution in [0.5, 0.6) is 5.75 Å². The number of aromatic nitrogens is 2. The molecule has 1 unspecified atom stereocenters. The number of rotatable bonds is 9. The highest BCUT2D eigenvalue weighted by molar-refractivity contribution is 7.20. The molecule has 12 heteroatoms. The van der Waals surface area contributed by atoms with Crippen molar-refractivity contribution in [2.24, 2.45) is 12.8 Å². The van der Waals surface area contributed by atoms with Gasteiger partial charge < -0.3 is 25.6 Å². The Morgan fingerprint density at radius 1 is 1.24 bits per heavy atom. The summed E-state index contributed by atoms with van der Waals surface area (Å²) in [6.07, 6.45) is -1.14. The number of nitrogens with two attached hydrogens (primary N) is 1. The van der Waals surface area contributed by atoms with Crippen LogP contribution in [0.15, 0.2) is 60.7 Å². The van der Waals surface area contributed by atoms with Gasteiger partial charge >= 0.3 is 6.09 Å². The standard InChI is InChI=1S/C24H26N6O3S.CH2O2/c1-27-13-16-11-22(30(2)29-16)28-24(31)32-14-19(15-7-4-3-5-8-15)33-18-9-6-10-20-17(18)12-21(34-20)23(25)26;2-1-3/h3-12,19,27H,13-14H2,1-2H3,(H3,25,26)(H,28,31);1H,(H,2,3). The van der Waals surface area contributed by atoms with Crippen LogP contribution in [0, 0.1) is 5.41 Å². The number of hydrogen-bond donors (Lipinski definition) is 5.